The van der Waals surface area contributed by atoms with Crippen molar-refractivity contribution in [1.29, 1.82) is 0 Å². The molecule has 4 heterocycles. The molecule has 10 rings (SSSR count). The second kappa shape index (κ2) is 49.7. The normalized spacial score (nSPS) is 10.6. The molecule has 0 aliphatic carbocycles. The highest BCUT2D eigenvalue weighted by atomic mass is 79.9. The average molecular weight is 1680 g/mol. The van der Waals surface area contributed by atoms with Crippen LogP contribution >= 0.6 is 125 Å². The largest absolute Gasteiger partial charge is 1.00 e. The minimum atomic E-state index is 0. The second-order valence-corrected chi connectivity index (χ2v) is 26.8. The van der Waals surface area contributed by atoms with E-state index in [1.165, 1.54) is 170 Å². The van der Waals surface area contributed by atoms with Gasteiger partial charge in [0.15, 0.2) is 10.3 Å². The lowest BCUT2D eigenvalue weighted by atomic mass is 10.1. The number of nitrogens with one attached hydrogen (secondary N) is 1. The van der Waals surface area contributed by atoms with E-state index < -0.39 is 0 Å². The van der Waals surface area contributed by atoms with Crippen molar-refractivity contribution in [3.63, 3.8) is 0 Å². The number of benzene rings is 6. The monoisotopic (exact) mass is 1680 g/mol. The lowest BCUT2D eigenvalue weighted by molar-refractivity contribution is -0.685. The van der Waals surface area contributed by atoms with Gasteiger partial charge in [0, 0.05) is 17.2 Å². The van der Waals surface area contributed by atoms with E-state index in [0.717, 1.165) is 57.3 Å². The Bertz CT molecular complexity index is 3460. The van der Waals surface area contributed by atoms with E-state index in [-0.39, 0.29) is 34.0 Å². The zero-order chi connectivity index (χ0) is 65.6. The first-order valence-corrected chi connectivity index (χ1v) is 37.6. The quantitative estimate of drug-likeness (QED) is 0.0302. The van der Waals surface area contributed by atoms with Gasteiger partial charge in [0.1, 0.15) is 23.4 Å². The molecular weight excluding hydrogens is 1590 g/mol. The summed E-state index contributed by atoms with van der Waals surface area (Å²) in [5.41, 5.74) is 3.78. The summed E-state index contributed by atoms with van der Waals surface area (Å²) >= 11 is 55.0. The van der Waals surface area contributed by atoms with Gasteiger partial charge in [-0.15, -0.1) is 0 Å². The van der Waals surface area contributed by atoms with Gasteiger partial charge in [-0.1, -0.05) is 311 Å². The number of alkyl halides is 2. The molecule has 0 aliphatic rings. The average Bonchev–Trinajstić information content (AvgIpc) is 1.85. The number of rotatable bonds is 28. The molecule has 1 N–H and O–H groups in total. The number of unbranched alkanes of at least 4 members (excludes halogenated alkanes) is 16. The Morgan fingerprint density at radius 2 is 0.742 bits per heavy atom. The standard InChI is InChI=1S/2C21H25Cl2N2.C11H9Br.C10H16Cl2N2.C7H15Br.C3H2Cl2N2.2BrH/c2*1-2-3-4-5-8-13-24-16-25(21(23)20(24)22)15-17-11-12-18-9-6-7-10-19(18)14-17;12-8-9-5-6-10-3-1-2-4-11(10)7-9;1-2-3-4-5-6-7-14-8-13-9(11)10(14)12;1-2-3-4-5-6-7-8;4-2-3(5)7-1-6-2;;/h2*6-7,9-12,14,16H,2-5,8,13,15H2,1H3;1-7H,8H2;8H,2-7H2,1H3;2-7H2,1H3;1H,(H,6,7);2*1H/q2*+1;;;;;;/p-2. The third-order valence-electron chi connectivity index (χ3n) is 15.2. The van der Waals surface area contributed by atoms with Crippen LogP contribution in [0, 0.1) is 0 Å². The van der Waals surface area contributed by atoms with Gasteiger partial charge in [-0.3, -0.25) is 0 Å². The Morgan fingerprint density at radius 3 is 1.06 bits per heavy atom. The maximum atomic E-state index is 6.45. The van der Waals surface area contributed by atoms with Crippen LogP contribution in [0.15, 0.2) is 153 Å². The highest BCUT2D eigenvalue weighted by Gasteiger charge is 2.22. The van der Waals surface area contributed by atoms with Crippen molar-refractivity contribution in [3.05, 3.63) is 211 Å². The maximum Gasteiger partial charge on any atom is 0.255 e. The number of imidazole rings is 4. The fraction of sp³-hybridized carbons (Fsp3) is 0.425. The first-order chi connectivity index (χ1) is 44.2. The zero-order valence-electron chi connectivity index (χ0n) is 54.2. The summed E-state index contributed by atoms with van der Waals surface area (Å²) in [4.78, 5) is 10.1. The Hall–Kier alpha value is -2.82. The number of fused-ring (bicyclic) bond motifs is 3. The van der Waals surface area contributed by atoms with Gasteiger partial charge in [0.05, 0.1) is 25.7 Å². The van der Waals surface area contributed by atoms with Gasteiger partial charge >= 0.3 is 0 Å². The molecular formula is C73H92Br4Cl8N8. The van der Waals surface area contributed by atoms with E-state index in [4.69, 9.17) is 92.8 Å². The van der Waals surface area contributed by atoms with E-state index in [1.54, 1.807) is 6.33 Å². The third kappa shape index (κ3) is 30.9. The first kappa shape index (κ1) is 84.4. The van der Waals surface area contributed by atoms with Crippen molar-refractivity contribution in [2.45, 2.75) is 194 Å². The summed E-state index contributed by atoms with van der Waals surface area (Å²) < 4.78 is 10.1. The Labute approximate surface area is 632 Å². The van der Waals surface area contributed by atoms with Gasteiger partial charge in [-0.05, 0) is 146 Å². The van der Waals surface area contributed by atoms with Crippen LogP contribution in [0.4, 0.5) is 0 Å². The molecule has 0 aliphatic heterocycles. The van der Waals surface area contributed by atoms with Crippen LogP contribution in [0.1, 0.15) is 173 Å². The Morgan fingerprint density at radius 1 is 0.387 bits per heavy atom. The number of aromatic nitrogens is 8. The highest BCUT2D eigenvalue weighted by molar-refractivity contribution is 9.09. The lowest BCUT2D eigenvalue weighted by Crippen LogP contribution is -3.00. The number of hydrogen-bond donors (Lipinski definition) is 1. The molecule has 0 atom stereocenters. The lowest BCUT2D eigenvalue weighted by Gasteiger charge is -2.03. The molecule has 0 unspecified atom stereocenters. The number of H-pyrrole nitrogens is 1. The SMILES string of the molecule is BrCc1ccc2ccccc2c1.CCCCCCCBr.CCCCCCCn1c[n+](Cc2ccc3ccccc3c2)c(Cl)c1Cl.CCCCCCCn1c[n+](Cc2ccc3ccccc3c2)c(Cl)c1Cl.CCCCCCCn1cnc(Cl)c1Cl.Clc1nc[nH]c1Cl.[Br-].[Br-]. The van der Waals surface area contributed by atoms with Crippen LogP contribution in [0.3, 0.4) is 0 Å². The van der Waals surface area contributed by atoms with Crippen molar-refractivity contribution in [3.8, 4) is 0 Å². The molecule has 20 heteroatoms. The molecule has 0 bridgehead atoms. The van der Waals surface area contributed by atoms with Crippen molar-refractivity contribution in [1.82, 2.24) is 28.7 Å². The molecule has 0 spiro atoms. The van der Waals surface area contributed by atoms with Gasteiger partial charge in [-0.2, -0.15) is 0 Å². The van der Waals surface area contributed by atoms with Crippen molar-refractivity contribution >= 4 is 157 Å². The van der Waals surface area contributed by atoms with Gasteiger partial charge in [0.25, 0.3) is 20.6 Å². The van der Waals surface area contributed by atoms with Crippen LogP contribution in [0.5, 0.6) is 0 Å². The molecule has 0 saturated carbocycles. The predicted molar refractivity (Wildman–Crippen MR) is 402 cm³/mol. The van der Waals surface area contributed by atoms with Crippen molar-refractivity contribution in [2.24, 2.45) is 0 Å². The molecule has 0 fully saturated rings. The number of aromatic amines is 1. The summed E-state index contributed by atoms with van der Waals surface area (Å²) in [7, 11) is 0. The van der Waals surface area contributed by atoms with Crippen LogP contribution < -0.4 is 43.1 Å². The maximum absolute atomic E-state index is 6.45. The third-order valence-corrected chi connectivity index (χ3v) is 19.7. The minimum absolute atomic E-state index is 0. The summed E-state index contributed by atoms with van der Waals surface area (Å²) in [6, 6.07) is 44.8. The summed E-state index contributed by atoms with van der Waals surface area (Å²) in [5, 5.41) is 13.9. The number of aryl methyl sites for hydroxylation is 3. The smallest absolute Gasteiger partial charge is 0.255 e. The van der Waals surface area contributed by atoms with Gasteiger partial charge in [0.2, 0.25) is 12.7 Å². The van der Waals surface area contributed by atoms with Crippen LogP contribution in [-0.4, -0.2) is 34.0 Å². The summed E-state index contributed by atoms with van der Waals surface area (Å²) in [6.07, 6.45) is 32.9. The van der Waals surface area contributed by atoms with E-state index in [0.29, 0.717) is 41.2 Å². The van der Waals surface area contributed by atoms with Crippen molar-refractivity contribution in [2.75, 3.05) is 5.33 Å². The Balaban J connectivity index is 0.000000308. The number of hydrogen-bond acceptors (Lipinski definition) is 2. The fourth-order valence-electron chi connectivity index (χ4n) is 10.1. The number of nitrogens with zero attached hydrogens (tertiary/aromatic N) is 7. The minimum Gasteiger partial charge on any atom is -1.00 e. The topological polar surface area (TPSA) is 64.1 Å². The zero-order valence-corrected chi connectivity index (χ0v) is 66.6. The van der Waals surface area contributed by atoms with Crippen LogP contribution in [-0.2, 0) is 38.1 Å². The molecule has 93 heavy (non-hydrogen) atoms. The molecule has 508 valence electrons. The van der Waals surface area contributed by atoms with Gasteiger partial charge < -0.3 is 43.5 Å². The molecule has 6 aromatic carbocycles. The van der Waals surface area contributed by atoms with Crippen LogP contribution in [0.25, 0.3) is 32.3 Å². The number of halogens is 12. The molecule has 0 radical (unpaired) electrons. The predicted octanol–water partition coefficient (Wildman–Crippen LogP) is 19.5. The molecule has 0 saturated heterocycles. The summed E-state index contributed by atoms with van der Waals surface area (Å²) in [6.45, 7) is 13.2. The molecule has 0 amide bonds. The molecule has 8 nitrogen and oxygen atoms in total. The molecule has 10 aromatic rings. The Kier molecular flexibility index (Phi) is 45.1. The van der Waals surface area contributed by atoms with Crippen LogP contribution in [0.2, 0.25) is 41.2 Å². The highest BCUT2D eigenvalue weighted by Crippen LogP contribution is 2.25. The van der Waals surface area contributed by atoms with E-state index in [2.05, 4.69) is 211 Å². The van der Waals surface area contributed by atoms with E-state index >= 15 is 0 Å². The second-order valence-electron chi connectivity index (χ2n) is 22.6. The first-order valence-electron chi connectivity index (χ1n) is 32.4. The molecule has 4 aromatic heterocycles. The fourth-order valence-corrected chi connectivity index (χ4v) is 12.2. The van der Waals surface area contributed by atoms with E-state index in [9.17, 15) is 0 Å². The van der Waals surface area contributed by atoms with E-state index in [1.807, 2.05) is 26.4 Å². The summed E-state index contributed by atoms with van der Waals surface area (Å²) in [5.74, 6) is 0. The van der Waals surface area contributed by atoms with Crippen molar-refractivity contribution < 1.29 is 43.1 Å². The van der Waals surface area contributed by atoms with Gasteiger partial charge in [-0.25, -0.2) is 28.2 Å².